The van der Waals surface area contributed by atoms with Gasteiger partial charge in [0.05, 0.1) is 38.6 Å². The van der Waals surface area contributed by atoms with E-state index in [1.807, 2.05) is 272 Å². The number of rotatable bonds is 0. The molecule has 0 spiro atoms. The molecule has 12 heteroatoms. The van der Waals surface area contributed by atoms with Gasteiger partial charge in [0.1, 0.15) is 0 Å². The van der Waals surface area contributed by atoms with E-state index >= 15 is 0 Å². The van der Waals surface area contributed by atoms with Crippen molar-refractivity contribution in [2.45, 2.75) is 90.0 Å². The van der Waals surface area contributed by atoms with Gasteiger partial charge in [-0.25, -0.2) is 0 Å². The van der Waals surface area contributed by atoms with Crippen LogP contribution in [0.1, 0.15) is 83.9 Å². The van der Waals surface area contributed by atoms with Crippen molar-refractivity contribution in [3.8, 4) is 0 Å². The second-order valence-corrected chi connectivity index (χ2v) is 23.4. The number of aryl methyl sites for hydroxylation is 5. The van der Waals surface area contributed by atoms with E-state index in [9.17, 15) is 0 Å². The minimum Gasteiger partial charge on any atom is -0.358 e. The Balaban J connectivity index is -0.000000613. The Morgan fingerprint density at radius 3 is 0.496 bits per heavy atom. The Labute approximate surface area is 773 Å². The summed E-state index contributed by atoms with van der Waals surface area (Å²) in [6.07, 6.45) is 3.62. The van der Waals surface area contributed by atoms with E-state index in [0.717, 1.165) is 88.6 Å². The van der Waals surface area contributed by atoms with Gasteiger partial charge in [0, 0.05) is 200 Å². The van der Waals surface area contributed by atoms with Crippen molar-refractivity contribution in [3.63, 3.8) is 0 Å². The molecular formula is C105H116N7W5-5. The fraction of sp³-hybridized carbons (Fsp3) is 0.124. The summed E-state index contributed by atoms with van der Waals surface area (Å²) in [5.41, 5.74) is 12.5. The molecule has 7 nitrogen and oxygen atoms in total. The van der Waals surface area contributed by atoms with Crippen molar-refractivity contribution < 1.29 is 105 Å². The van der Waals surface area contributed by atoms with E-state index < -0.39 is 0 Å². The molecule has 0 saturated heterocycles. The first-order valence-electron chi connectivity index (χ1n) is 37.2. The molecule has 19 rings (SSSR count). The summed E-state index contributed by atoms with van der Waals surface area (Å²) < 4.78 is 0. The fourth-order valence-electron chi connectivity index (χ4n) is 11.0. The number of aromatic nitrogens is 7. The van der Waals surface area contributed by atoms with E-state index in [1.54, 1.807) is 0 Å². The summed E-state index contributed by atoms with van der Waals surface area (Å²) in [6.45, 7) is 26.1. The molecule has 117 heavy (non-hydrogen) atoms. The van der Waals surface area contributed by atoms with Gasteiger partial charge in [0.2, 0.25) is 0 Å². The number of fused-ring (bicyclic) bond motifs is 15. The van der Waals surface area contributed by atoms with E-state index in [-0.39, 0.29) is 142 Å². The molecule has 0 fully saturated rings. The first-order valence-corrected chi connectivity index (χ1v) is 37.2. The predicted octanol–water partition coefficient (Wildman–Crippen LogP) is 30.4. The second-order valence-electron chi connectivity index (χ2n) is 23.4. The van der Waals surface area contributed by atoms with Gasteiger partial charge >= 0.3 is 0 Å². The van der Waals surface area contributed by atoms with E-state index in [2.05, 4.69) is 229 Å². The molecule has 7 heterocycles. The molecule has 0 atom stereocenters. The van der Waals surface area contributed by atoms with Crippen molar-refractivity contribution in [1.29, 1.82) is 0 Å². The maximum atomic E-state index is 4.60. The minimum atomic E-state index is 0. The molecule has 0 radical (unpaired) electrons. The third-order valence-electron chi connectivity index (χ3n) is 16.0. The van der Waals surface area contributed by atoms with Gasteiger partial charge in [-0.2, -0.15) is 0 Å². The fourth-order valence-corrected chi connectivity index (χ4v) is 11.0. The van der Waals surface area contributed by atoms with E-state index in [0.29, 0.717) is 0 Å². The summed E-state index contributed by atoms with van der Waals surface area (Å²) >= 11 is 0. The maximum absolute atomic E-state index is 4.60. The van der Waals surface area contributed by atoms with Gasteiger partial charge < -0.3 is 37.1 Å². The normalized spacial score (nSPS) is 8.90. The SMILES string of the molecule is CC.CC.CC.CC.Cc1ccc2ccc3ccccc3c2n1.Cc1ccc2ccc3ccccc3c2n1.Cc1ccc2ccc3ccccc3c2n1.Cc1ccc2ccc3cccnc3c2n1.Cc1ccc2ccc3cccnc3c2n1.[CH3-].[CH3-].[CH3-].[CH3-].[CH3-].[W].[W].[W].[W].[W].c1ccccc1.c1ccccc1.c1ccccc1.c1ccccc1. The number of nitrogens with zero attached hydrogens (tertiary/aromatic N) is 7. The Kier molecular flexibility index (Phi) is 64.1. The zero-order valence-corrected chi connectivity index (χ0v) is 86.1. The van der Waals surface area contributed by atoms with Gasteiger partial charge in [0.15, 0.2) is 0 Å². The molecule has 0 N–H and O–H groups in total. The Morgan fingerprint density at radius 1 is 0.145 bits per heavy atom. The standard InChI is InChI=1S/3C14H11N.2C13H10N2.4C6H6.4C2H6.5CH3.5W/c3*1-10-6-7-12-9-8-11-4-2-3-5-13(11)14(12)15-10;2*1-9-4-5-11-7-6-10-3-2-8-14-12(10)13(11)15-9;4*1-2-4-6-5-3-1;4*1-2;;;;;;;;;;/h3*2-9H,1H3;2*2-8H,1H3;4*1-6H;4*1-2H3;5*1H3;;;;;/q;;;;;;;;;;;;;5*-1;;;;;. The molecule has 19 aromatic rings. The summed E-state index contributed by atoms with van der Waals surface area (Å²) in [7, 11) is 0. The summed E-state index contributed by atoms with van der Waals surface area (Å²) in [4.78, 5) is 31.7. The van der Waals surface area contributed by atoms with Crippen molar-refractivity contribution in [3.05, 3.63) is 442 Å². The van der Waals surface area contributed by atoms with Gasteiger partial charge in [-0.15, -0.1) is 0 Å². The Bertz CT molecular complexity index is 4820. The maximum Gasteiger partial charge on any atom is 0.0967 e. The second kappa shape index (κ2) is 65.7. The zero-order chi connectivity index (χ0) is 76.2. The van der Waals surface area contributed by atoms with Crippen LogP contribution in [-0.4, -0.2) is 34.9 Å². The molecule has 0 aliphatic heterocycles. The van der Waals surface area contributed by atoms with Crippen LogP contribution in [0.4, 0.5) is 0 Å². The molecular weight excluding hydrogens is 2280 g/mol. The van der Waals surface area contributed by atoms with E-state index in [4.69, 9.17) is 0 Å². The van der Waals surface area contributed by atoms with Crippen LogP contribution in [0.5, 0.6) is 0 Å². The monoisotopic (exact) mass is 2390 g/mol. The topological polar surface area (TPSA) is 90.2 Å². The quantitative estimate of drug-likeness (QED) is 0.110. The van der Waals surface area contributed by atoms with Crippen molar-refractivity contribution in [2.75, 3.05) is 0 Å². The van der Waals surface area contributed by atoms with Crippen LogP contribution < -0.4 is 0 Å². The van der Waals surface area contributed by atoms with Crippen LogP contribution in [0.3, 0.4) is 0 Å². The van der Waals surface area contributed by atoms with Gasteiger partial charge in [0.25, 0.3) is 0 Å². The zero-order valence-electron chi connectivity index (χ0n) is 71.5. The van der Waals surface area contributed by atoms with Crippen LogP contribution in [0.25, 0.3) is 109 Å². The molecule has 0 unspecified atom stereocenters. The summed E-state index contributed by atoms with van der Waals surface area (Å²) in [5.74, 6) is 0. The predicted molar refractivity (Wildman–Crippen MR) is 499 cm³/mol. The number of hydrogen-bond donors (Lipinski definition) is 0. The Hall–Kier alpha value is -9.27. The molecule has 0 saturated carbocycles. The van der Waals surface area contributed by atoms with Crippen LogP contribution in [0.2, 0.25) is 0 Å². The average molecular weight is 2400 g/mol. The Morgan fingerprint density at radius 2 is 0.291 bits per heavy atom. The van der Waals surface area contributed by atoms with Gasteiger partial charge in [-0.3, -0.25) is 34.9 Å². The van der Waals surface area contributed by atoms with Crippen LogP contribution in [-0.2, 0) is 105 Å². The van der Waals surface area contributed by atoms with Crippen LogP contribution >= 0.6 is 0 Å². The molecule has 7 aromatic heterocycles. The molecule has 606 valence electrons. The number of pyridine rings is 7. The average Bonchev–Trinajstić information content (AvgIpc) is 0.823. The molecule has 0 aliphatic rings. The van der Waals surface area contributed by atoms with Crippen LogP contribution in [0, 0.1) is 71.8 Å². The number of hydrogen-bond acceptors (Lipinski definition) is 7. The molecule has 0 amide bonds. The third kappa shape index (κ3) is 36.2. The number of benzene rings is 12. The molecule has 0 bridgehead atoms. The van der Waals surface area contributed by atoms with Gasteiger partial charge in [-0.05, 0) is 93.2 Å². The largest absolute Gasteiger partial charge is 0.358 e. The smallest absolute Gasteiger partial charge is 0.0967 e. The summed E-state index contributed by atoms with van der Waals surface area (Å²) in [5, 5.41) is 15.7. The van der Waals surface area contributed by atoms with E-state index in [1.165, 1.54) is 48.5 Å². The summed E-state index contributed by atoms with van der Waals surface area (Å²) in [6, 6.07) is 123. The minimum absolute atomic E-state index is 0. The third-order valence-corrected chi connectivity index (χ3v) is 16.0. The van der Waals surface area contributed by atoms with Crippen molar-refractivity contribution in [2.24, 2.45) is 0 Å². The van der Waals surface area contributed by atoms with Crippen LogP contribution in [0.15, 0.2) is 376 Å². The first-order chi connectivity index (χ1) is 52.7. The first kappa shape index (κ1) is 114. The molecule has 12 aromatic carbocycles. The van der Waals surface area contributed by atoms with Crippen molar-refractivity contribution in [1.82, 2.24) is 34.9 Å². The molecule has 0 aliphatic carbocycles. The van der Waals surface area contributed by atoms with Gasteiger partial charge in [-0.1, -0.05) is 377 Å². The van der Waals surface area contributed by atoms with Crippen molar-refractivity contribution >= 4 is 109 Å².